The highest BCUT2D eigenvalue weighted by molar-refractivity contribution is 5.68. The Morgan fingerprint density at radius 1 is 1.55 bits per heavy atom. The second-order valence-electron chi connectivity index (χ2n) is 5.97. The van der Waals surface area contributed by atoms with Gasteiger partial charge in [-0.3, -0.25) is 0 Å². The Hall–Kier alpha value is -1.78. The van der Waals surface area contributed by atoms with E-state index in [1.54, 1.807) is 12.5 Å². The number of aromatic nitrogens is 2. The number of alkyl carbamates (subject to hydrolysis) is 1. The number of imidazole rings is 1. The summed E-state index contributed by atoms with van der Waals surface area (Å²) in [6.45, 7) is 13.3. The van der Waals surface area contributed by atoms with E-state index in [0.29, 0.717) is 0 Å². The standard InChI is InChI=1S/C15H25N3O2/c1-7-8-11(2)18-10-16-9-13(18)12(3)17-14(19)20-15(4,5)6/h7,9-12H,1,8H2,2-6H3,(H,17,19)/t11?,12-/m0/s1. The van der Waals surface area contributed by atoms with Crippen LogP contribution in [-0.4, -0.2) is 21.2 Å². The normalized spacial score (nSPS) is 14.4. The zero-order valence-electron chi connectivity index (χ0n) is 13.0. The lowest BCUT2D eigenvalue weighted by molar-refractivity contribution is 0.0506. The number of nitrogens with zero attached hydrogens (tertiary/aromatic N) is 2. The van der Waals surface area contributed by atoms with Crippen LogP contribution in [0.1, 0.15) is 58.8 Å². The molecule has 20 heavy (non-hydrogen) atoms. The predicted molar refractivity (Wildman–Crippen MR) is 79.5 cm³/mol. The molecule has 1 N–H and O–H groups in total. The Morgan fingerprint density at radius 3 is 2.75 bits per heavy atom. The number of allylic oxidation sites excluding steroid dienone is 1. The molecule has 2 atom stereocenters. The van der Waals surface area contributed by atoms with Crippen LogP contribution in [0.5, 0.6) is 0 Å². The van der Waals surface area contributed by atoms with E-state index >= 15 is 0 Å². The third-order valence-corrected chi connectivity index (χ3v) is 2.86. The fraction of sp³-hybridized carbons (Fsp3) is 0.600. The minimum atomic E-state index is -0.500. The van der Waals surface area contributed by atoms with Gasteiger partial charge >= 0.3 is 6.09 Å². The lowest BCUT2D eigenvalue weighted by Crippen LogP contribution is -2.34. The maximum atomic E-state index is 11.8. The van der Waals surface area contributed by atoms with Gasteiger partial charge in [-0.05, 0) is 41.0 Å². The Bertz CT molecular complexity index is 460. The van der Waals surface area contributed by atoms with E-state index in [1.807, 2.05) is 38.3 Å². The summed E-state index contributed by atoms with van der Waals surface area (Å²) in [5.74, 6) is 0. The highest BCUT2D eigenvalue weighted by Gasteiger charge is 2.20. The van der Waals surface area contributed by atoms with Crippen molar-refractivity contribution in [3.05, 3.63) is 30.9 Å². The second-order valence-corrected chi connectivity index (χ2v) is 5.97. The first-order chi connectivity index (χ1) is 9.24. The fourth-order valence-electron chi connectivity index (χ4n) is 1.93. The van der Waals surface area contributed by atoms with Gasteiger partial charge in [0, 0.05) is 6.04 Å². The molecule has 5 nitrogen and oxygen atoms in total. The van der Waals surface area contributed by atoms with Crippen molar-refractivity contribution in [1.82, 2.24) is 14.9 Å². The van der Waals surface area contributed by atoms with Crippen LogP contribution in [0.4, 0.5) is 4.79 Å². The number of hydrogen-bond acceptors (Lipinski definition) is 3. The van der Waals surface area contributed by atoms with Gasteiger partial charge in [0.2, 0.25) is 0 Å². The minimum absolute atomic E-state index is 0.167. The second kappa shape index (κ2) is 6.59. The topological polar surface area (TPSA) is 56.2 Å². The van der Waals surface area contributed by atoms with Crippen molar-refractivity contribution < 1.29 is 9.53 Å². The van der Waals surface area contributed by atoms with Crippen molar-refractivity contribution >= 4 is 6.09 Å². The smallest absolute Gasteiger partial charge is 0.408 e. The Morgan fingerprint density at radius 2 is 2.20 bits per heavy atom. The number of ether oxygens (including phenoxy) is 1. The Balaban J connectivity index is 2.73. The fourth-order valence-corrected chi connectivity index (χ4v) is 1.93. The van der Waals surface area contributed by atoms with Crippen LogP contribution in [0.15, 0.2) is 25.2 Å². The highest BCUT2D eigenvalue weighted by Crippen LogP contribution is 2.20. The lowest BCUT2D eigenvalue weighted by atomic mass is 10.2. The molecule has 0 saturated heterocycles. The first-order valence-corrected chi connectivity index (χ1v) is 6.86. The van der Waals surface area contributed by atoms with E-state index in [-0.39, 0.29) is 12.1 Å². The highest BCUT2D eigenvalue weighted by atomic mass is 16.6. The molecule has 0 aliphatic rings. The van der Waals surface area contributed by atoms with Crippen molar-refractivity contribution in [1.29, 1.82) is 0 Å². The molecule has 1 aromatic rings. The zero-order chi connectivity index (χ0) is 15.3. The molecule has 0 aromatic carbocycles. The van der Waals surface area contributed by atoms with E-state index in [0.717, 1.165) is 12.1 Å². The van der Waals surface area contributed by atoms with E-state index < -0.39 is 11.7 Å². The maximum absolute atomic E-state index is 11.8. The molecule has 0 saturated carbocycles. The molecule has 1 amide bonds. The Labute approximate surface area is 121 Å². The summed E-state index contributed by atoms with van der Waals surface area (Å²) in [4.78, 5) is 16.0. The monoisotopic (exact) mass is 279 g/mol. The van der Waals surface area contributed by atoms with Gasteiger partial charge in [0.05, 0.1) is 24.3 Å². The van der Waals surface area contributed by atoms with E-state index in [9.17, 15) is 4.79 Å². The summed E-state index contributed by atoms with van der Waals surface area (Å²) >= 11 is 0. The number of rotatable bonds is 5. The average Bonchev–Trinajstić information content (AvgIpc) is 2.75. The summed E-state index contributed by atoms with van der Waals surface area (Å²) in [5, 5.41) is 2.83. The van der Waals surface area contributed by atoms with Crippen LogP contribution in [0.2, 0.25) is 0 Å². The van der Waals surface area contributed by atoms with Crippen LogP contribution >= 0.6 is 0 Å². The molecule has 0 aliphatic carbocycles. The molecule has 1 unspecified atom stereocenters. The Kier molecular flexibility index (Phi) is 5.36. The van der Waals surface area contributed by atoms with Gasteiger partial charge in [-0.25, -0.2) is 9.78 Å². The van der Waals surface area contributed by atoms with Gasteiger partial charge in [0.25, 0.3) is 0 Å². The van der Waals surface area contributed by atoms with Gasteiger partial charge < -0.3 is 14.6 Å². The molecule has 1 heterocycles. The van der Waals surface area contributed by atoms with Crippen molar-refractivity contribution in [2.24, 2.45) is 0 Å². The van der Waals surface area contributed by atoms with Crippen LogP contribution in [0.25, 0.3) is 0 Å². The summed E-state index contributed by atoms with van der Waals surface area (Å²) in [5.41, 5.74) is 0.449. The zero-order valence-corrected chi connectivity index (χ0v) is 13.0. The van der Waals surface area contributed by atoms with Gasteiger partial charge in [0.15, 0.2) is 0 Å². The third-order valence-electron chi connectivity index (χ3n) is 2.86. The summed E-state index contributed by atoms with van der Waals surface area (Å²) in [6.07, 6.45) is 5.84. The van der Waals surface area contributed by atoms with Crippen LogP contribution in [-0.2, 0) is 4.74 Å². The SMILES string of the molecule is C=CCC(C)n1cncc1[C@H](C)NC(=O)OC(C)(C)C. The number of carbonyl (C=O) groups excluding carboxylic acids is 1. The van der Waals surface area contributed by atoms with Crippen molar-refractivity contribution in [3.8, 4) is 0 Å². The molecule has 0 aliphatic heterocycles. The van der Waals surface area contributed by atoms with Gasteiger partial charge in [-0.2, -0.15) is 0 Å². The number of hydrogen-bond donors (Lipinski definition) is 1. The summed E-state index contributed by atoms with van der Waals surface area (Å²) in [6, 6.07) is 0.0903. The predicted octanol–water partition coefficient (Wildman–Crippen LogP) is 3.61. The molecule has 112 valence electrons. The van der Waals surface area contributed by atoms with Gasteiger partial charge in [-0.1, -0.05) is 6.08 Å². The maximum Gasteiger partial charge on any atom is 0.408 e. The quantitative estimate of drug-likeness (QED) is 0.838. The molecule has 0 fully saturated rings. The van der Waals surface area contributed by atoms with Crippen molar-refractivity contribution in [2.45, 2.75) is 58.7 Å². The third kappa shape index (κ3) is 4.72. The molecular formula is C15H25N3O2. The molecule has 1 rings (SSSR count). The van der Waals surface area contributed by atoms with Crippen LogP contribution in [0.3, 0.4) is 0 Å². The number of amides is 1. The van der Waals surface area contributed by atoms with Crippen molar-refractivity contribution in [3.63, 3.8) is 0 Å². The molecule has 1 aromatic heterocycles. The molecule has 0 bridgehead atoms. The van der Waals surface area contributed by atoms with Crippen molar-refractivity contribution in [2.75, 3.05) is 0 Å². The van der Waals surface area contributed by atoms with Crippen LogP contribution < -0.4 is 5.32 Å². The largest absolute Gasteiger partial charge is 0.444 e. The minimum Gasteiger partial charge on any atom is -0.444 e. The summed E-state index contributed by atoms with van der Waals surface area (Å²) < 4.78 is 7.30. The van der Waals surface area contributed by atoms with E-state index in [4.69, 9.17) is 4.74 Å². The molecule has 0 spiro atoms. The average molecular weight is 279 g/mol. The van der Waals surface area contributed by atoms with Crippen LogP contribution in [0, 0.1) is 0 Å². The molecular weight excluding hydrogens is 254 g/mol. The first-order valence-electron chi connectivity index (χ1n) is 6.86. The van der Waals surface area contributed by atoms with Gasteiger partial charge in [-0.15, -0.1) is 6.58 Å². The molecule has 5 heteroatoms. The summed E-state index contributed by atoms with van der Waals surface area (Å²) in [7, 11) is 0. The first kappa shape index (κ1) is 16.3. The van der Waals surface area contributed by atoms with Gasteiger partial charge in [0.1, 0.15) is 5.60 Å². The number of nitrogens with one attached hydrogen (secondary N) is 1. The van der Waals surface area contributed by atoms with E-state index in [1.165, 1.54) is 0 Å². The molecule has 0 radical (unpaired) electrons. The number of carbonyl (C=O) groups is 1. The lowest BCUT2D eigenvalue weighted by Gasteiger charge is -2.23. The van der Waals surface area contributed by atoms with E-state index in [2.05, 4.69) is 23.8 Å².